The van der Waals surface area contributed by atoms with Crippen LogP contribution in [0.15, 0.2) is 53.8 Å². The van der Waals surface area contributed by atoms with Crippen LogP contribution in [-0.2, 0) is 13.1 Å². The third kappa shape index (κ3) is 8.16. The van der Waals surface area contributed by atoms with Crippen molar-refractivity contribution in [2.75, 3.05) is 52.9 Å². The van der Waals surface area contributed by atoms with E-state index < -0.39 is 0 Å². The summed E-state index contributed by atoms with van der Waals surface area (Å²) < 4.78 is 1.96. The van der Waals surface area contributed by atoms with Gasteiger partial charge in [0.15, 0.2) is 5.96 Å². The summed E-state index contributed by atoms with van der Waals surface area (Å²) in [6.07, 6.45) is 7.23. The molecular formula is C23H37N7. The SMILES string of the molecule is CN=C(NCCCCN1CCN(Cc2ccccc2)CC1)NCCCn1cccn1. The molecule has 30 heavy (non-hydrogen) atoms. The minimum absolute atomic E-state index is 0.894. The largest absolute Gasteiger partial charge is 0.356 e. The van der Waals surface area contributed by atoms with E-state index in [1.807, 2.05) is 30.2 Å². The number of aryl methyl sites for hydroxylation is 1. The Morgan fingerprint density at radius 3 is 2.33 bits per heavy atom. The lowest BCUT2D eigenvalue weighted by Crippen LogP contribution is -2.46. The summed E-state index contributed by atoms with van der Waals surface area (Å²) in [4.78, 5) is 9.47. The number of aromatic nitrogens is 2. The lowest BCUT2D eigenvalue weighted by Gasteiger charge is -2.34. The molecular weight excluding hydrogens is 374 g/mol. The quantitative estimate of drug-likeness (QED) is 0.337. The Morgan fingerprint density at radius 2 is 1.63 bits per heavy atom. The van der Waals surface area contributed by atoms with Crippen LogP contribution in [0.3, 0.4) is 0 Å². The molecule has 2 aromatic rings. The van der Waals surface area contributed by atoms with Crippen molar-refractivity contribution < 1.29 is 0 Å². The van der Waals surface area contributed by atoms with Crippen LogP contribution in [0.1, 0.15) is 24.8 Å². The molecule has 0 amide bonds. The van der Waals surface area contributed by atoms with Gasteiger partial charge < -0.3 is 15.5 Å². The van der Waals surface area contributed by atoms with Crippen molar-refractivity contribution in [3.05, 3.63) is 54.4 Å². The number of hydrogen-bond acceptors (Lipinski definition) is 4. The van der Waals surface area contributed by atoms with Gasteiger partial charge in [-0.15, -0.1) is 0 Å². The maximum atomic E-state index is 4.31. The first-order chi connectivity index (χ1) is 14.8. The molecule has 2 N–H and O–H groups in total. The van der Waals surface area contributed by atoms with E-state index in [4.69, 9.17) is 0 Å². The molecule has 0 bridgehead atoms. The molecule has 1 aliphatic rings. The predicted octanol–water partition coefficient (Wildman–Crippen LogP) is 2.04. The maximum Gasteiger partial charge on any atom is 0.190 e. The molecule has 1 saturated heterocycles. The fraction of sp³-hybridized carbons (Fsp3) is 0.565. The summed E-state index contributed by atoms with van der Waals surface area (Å²) in [7, 11) is 1.83. The minimum atomic E-state index is 0.894. The van der Waals surface area contributed by atoms with Crippen LogP contribution in [0.25, 0.3) is 0 Å². The molecule has 1 aromatic heterocycles. The third-order valence-electron chi connectivity index (χ3n) is 5.55. The standard InChI is InChI=1S/C23H37N7/c1-24-23(26-12-7-15-30-16-8-13-27-30)25-11-5-6-14-28-17-19-29(20-18-28)21-22-9-3-2-4-10-22/h2-4,8-10,13,16H,5-7,11-12,14-15,17-21H2,1H3,(H2,24,25,26). The van der Waals surface area contributed by atoms with E-state index in [1.54, 1.807) is 0 Å². The first-order valence-electron chi connectivity index (χ1n) is 11.2. The Labute approximate surface area is 181 Å². The van der Waals surface area contributed by atoms with E-state index in [2.05, 4.69) is 60.9 Å². The first kappa shape index (κ1) is 22.3. The first-order valence-corrected chi connectivity index (χ1v) is 11.2. The fourth-order valence-corrected chi connectivity index (χ4v) is 3.78. The molecule has 1 aliphatic heterocycles. The molecule has 0 radical (unpaired) electrons. The Bertz CT molecular complexity index is 706. The van der Waals surface area contributed by atoms with Crippen molar-refractivity contribution >= 4 is 5.96 Å². The highest BCUT2D eigenvalue weighted by atomic mass is 15.3. The Balaban J connectivity index is 1.19. The zero-order valence-electron chi connectivity index (χ0n) is 18.3. The van der Waals surface area contributed by atoms with Gasteiger partial charge >= 0.3 is 0 Å². The molecule has 0 atom stereocenters. The minimum Gasteiger partial charge on any atom is -0.356 e. The van der Waals surface area contributed by atoms with Crippen LogP contribution < -0.4 is 10.6 Å². The Morgan fingerprint density at radius 1 is 0.900 bits per heavy atom. The summed E-state index contributed by atoms with van der Waals surface area (Å²) in [5, 5.41) is 11.0. The summed E-state index contributed by atoms with van der Waals surface area (Å²) in [6, 6.07) is 12.8. The van der Waals surface area contributed by atoms with Crippen LogP contribution in [0, 0.1) is 0 Å². The van der Waals surface area contributed by atoms with Crippen LogP contribution in [0.2, 0.25) is 0 Å². The van der Waals surface area contributed by atoms with Gasteiger partial charge in [0.1, 0.15) is 0 Å². The number of guanidine groups is 1. The molecule has 0 saturated carbocycles. The van der Waals surface area contributed by atoms with Gasteiger partial charge in [-0.05, 0) is 37.4 Å². The number of aliphatic imine (C=N–C) groups is 1. The monoisotopic (exact) mass is 411 g/mol. The highest BCUT2D eigenvalue weighted by molar-refractivity contribution is 5.79. The fourth-order valence-electron chi connectivity index (χ4n) is 3.78. The molecule has 0 aliphatic carbocycles. The summed E-state index contributed by atoms with van der Waals surface area (Å²) in [5.74, 6) is 0.894. The lowest BCUT2D eigenvalue weighted by atomic mass is 10.2. The second-order valence-corrected chi connectivity index (χ2v) is 7.86. The van der Waals surface area contributed by atoms with Gasteiger partial charge in [-0.3, -0.25) is 14.6 Å². The molecule has 0 spiro atoms. The zero-order chi connectivity index (χ0) is 20.9. The van der Waals surface area contributed by atoms with Crippen molar-refractivity contribution in [3.63, 3.8) is 0 Å². The predicted molar refractivity (Wildman–Crippen MR) is 124 cm³/mol. The van der Waals surface area contributed by atoms with Gasteiger partial charge in [0.2, 0.25) is 0 Å². The molecule has 164 valence electrons. The van der Waals surface area contributed by atoms with Crippen molar-refractivity contribution in [3.8, 4) is 0 Å². The second kappa shape index (κ2) is 13.0. The van der Waals surface area contributed by atoms with E-state index in [1.165, 1.54) is 44.7 Å². The van der Waals surface area contributed by atoms with Crippen molar-refractivity contribution in [2.45, 2.75) is 32.4 Å². The van der Waals surface area contributed by atoms with Crippen LogP contribution in [0.5, 0.6) is 0 Å². The average molecular weight is 412 g/mol. The average Bonchev–Trinajstić information content (AvgIpc) is 3.30. The van der Waals surface area contributed by atoms with Crippen LogP contribution in [-0.4, -0.2) is 78.4 Å². The van der Waals surface area contributed by atoms with E-state index >= 15 is 0 Å². The molecule has 7 heteroatoms. The van der Waals surface area contributed by atoms with Gasteiger partial charge in [0.05, 0.1) is 0 Å². The van der Waals surface area contributed by atoms with Gasteiger partial charge in [0, 0.05) is 71.8 Å². The topological polar surface area (TPSA) is 60.7 Å². The summed E-state index contributed by atoms with van der Waals surface area (Å²) in [6.45, 7) is 9.75. The van der Waals surface area contributed by atoms with Gasteiger partial charge in [0.25, 0.3) is 0 Å². The zero-order valence-corrected chi connectivity index (χ0v) is 18.3. The van der Waals surface area contributed by atoms with Crippen molar-refractivity contribution in [1.29, 1.82) is 0 Å². The maximum absolute atomic E-state index is 4.31. The second-order valence-electron chi connectivity index (χ2n) is 7.86. The summed E-state index contributed by atoms with van der Waals surface area (Å²) >= 11 is 0. The lowest BCUT2D eigenvalue weighted by molar-refractivity contribution is 0.126. The van der Waals surface area contributed by atoms with Gasteiger partial charge in [-0.2, -0.15) is 5.10 Å². The highest BCUT2D eigenvalue weighted by Gasteiger charge is 2.16. The van der Waals surface area contributed by atoms with Crippen molar-refractivity contribution in [1.82, 2.24) is 30.2 Å². The molecule has 1 fully saturated rings. The number of nitrogens with one attached hydrogen (secondary N) is 2. The number of benzene rings is 1. The van der Waals surface area contributed by atoms with E-state index in [0.717, 1.165) is 45.0 Å². The third-order valence-corrected chi connectivity index (χ3v) is 5.55. The number of rotatable bonds is 11. The van der Waals surface area contributed by atoms with Gasteiger partial charge in [-0.1, -0.05) is 30.3 Å². The number of hydrogen-bond donors (Lipinski definition) is 2. The Kier molecular flexibility index (Phi) is 9.69. The normalized spacial score (nSPS) is 16.0. The molecule has 2 heterocycles. The van der Waals surface area contributed by atoms with E-state index in [-0.39, 0.29) is 0 Å². The molecule has 7 nitrogen and oxygen atoms in total. The molecule has 1 aromatic carbocycles. The smallest absolute Gasteiger partial charge is 0.190 e. The van der Waals surface area contributed by atoms with E-state index in [0.29, 0.717) is 0 Å². The molecule has 0 unspecified atom stereocenters. The number of nitrogens with zero attached hydrogens (tertiary/aromatic N) is 5. The summed E-state index contributed by atoms with van der Waals surface area (Å²) in [5.41, 5.74) is 1.42. The number of piperazine rings is 1. The molecule has 3 rings (SSSR count). The Hall–Kier alpha value is -2.38. The number of unbranched alkanes of at least 4 members (excludes halogenated alkanes) is 1. The van der Waals surface area contributed by atoms with Gasteiger partial charge in [-0.25, -0.2) is 0 Å². The van der Waals surface area contributed by atoms with E-state index in [9.17, 15) is 0 Å². The van der Waals surface area contributed by atoms with Crippen LogP contribution in [0.4, 0.5) is 0 Å². The van der Waals surface area contributed by atoms with Crippen LogP contribution >= 0.6 is 0 Å². The highest BCUT2D eigenvalue weighted by Crippen LogP contribution is 2.09. The van der Waals surface area contributed by atoms with Crippen molar-refractivity contribution in [2.24, 2.45) is 4.99 Å².